The molecule has 1 aromatic heterocycles. The van der Waals surface area contributed by atoms with E-state index in [1.807, 2.05) is 6.92 Å². The number of phenols is 1. The van der Waals surface area contributed by atoms with Crippen molar-refractivity contribution in [3.05, 3.63) is 59.9 Å². The van der Waals surface area contributed by atoms with E-state index in [1.165, 1.54) is 12.3 Å². The van der Waals surface area contributed by atoms with E-state index in [0.29, 0.717) is 17.9 Å². The van der Waals surface area contributed by atoms with Crippen molar-refractivity contribution in [3.63, 3.8) is 0 Å². The van der Waals surface area contributed by atoms with Gasteiger partial charge in [0.2, 0.25) is 0 Å². The van der Waals surface area contributed by atoms with Crippen LogP contribution in [-0.2, 0) is 0 Å². The van der Waals surface area contributed by atoms with Crippen LogP contribution in [0.25, 0.3) is 6.08 Å². The molecule has 20 heavy (non-hydrogen) atoms. The summed E-state index contributed by atoms with van der Waals surface area (Å²) in [5, 5.41) is 9.60. The largest absolute Gasteiger partial charge is 0.504 e. The van der Waals surface area contributed by atoms with E-state index in [2.05, 4.69) is 4.98 Å². The lowest BCUT2D eigenvalue weighted by atomic mass is 10.1. The van der Waals surface area contributed by atoms with Crippen LogP contribution < -0.4 is 4.74 Å². The highest BCUT2D eigenvalue weighted by Crippen LogP contribution is 2.27. The van der Waals surface area contributed by atoms with Gasteiger partial charge in [-0.25, -0.2) is 0 Å². The van der Waals surface area contributed by atoms with Gasteiger partial charge in [-0.1, -0.05) is 12.1 Å². The molecule has 2 rings (SSSR count). The predicted octanol–water partition coefficient (Wildman–Crippen LogP) is 3.08. The van der Waals surface area contributed by atoms with Gasteiger partial charge in [0, 0.05) is 18.0 Å². The van der Waals surface area contributed by atoms with Crippen LogP contribution in [0.2, 0.25) is 0 Å². The number of carbonyl (C=O) groups is 1. The number of nitrogens with zero attached hydrogens (tertiary/aromatic N) is 1. The molecule has 0 saturated heterocycles. The minimum Gasteiger partial charge on any atom is -0.504 e. The van der Waals surface area contributed by atoms with E-state index in [4.69, 9.17) is 4.74 Å². The van der Waals surface area contributed by atoms with E-state index < -0.39 is 0 Å². The fourth-order valence-corrected chi connectivity index (χ4v) is 1.68. The molecule has 0 atom stereocenters. The average molecular weight is 269 g/mol. The van der Waals surface area contributed by atoms with Crippen molar-refractivity contribution < 1.29 is 14.6 Å². The quantitative estimate of drug-likeness (QED) is 0.669. The molecule has 0 fully saturated rings. The number of ether oxygens (including phenoxy) is 1. The molecule has 0 bridgehead atoms. The monoisotopic (exact) mass is 269 g/mol. The van der Waals surface area contributed by atoms with E-state index in [1.54, 1.807) is 42.6 Å². The standard InChI is InChI=1S/C16H15NO3/c1-2-20-16-10-12(6-8-15(16)19)5-7-14(18)13-4-3-9-17-11-13/h3-11,19H,2H2,1H3. The molecular weight excluding hydrogens is 254 g/mol. The number of pyridine rings is 1. The van der Waals surface area contributed by atoms with E-state index in [9.17, 15) is 9.90 Å². The first kappa shape index (κ1) is 13.8. The topological polar surface area (TPSA) is 59.4 Å². The highest BCUT2D eigenvalue weighted by Gasteiger charge is 2.03. The summed E-state index contributed by atoms with van der Waals surface area (Å²) >= 11 is 0. The Morgan fingerprint density at radius 1 is 1.40 bits per heavy atom. The molecule has 0 saturated carbocycles. The van der Waals surface area contributed by atoms with E-state index in [-0.39, 0.29) is 11.5 Å². The Labute approximate surface area is 117 Å². The van der Waals surface area contributed by atoms with Gasteiger partial charge in [-0.05, 0) is 42.8 Å². The third-order valence-electron chi connectivity index (χ3n) is 2.66. The highest BCUT2D eigenvalue weighted by atomic mass is 16.5. The van der Waals surface area contributed by atoms with Gasteiger partial charge in [-0.15, -0.1) is 0 Å². The van der Waals surface area contributed by atoms with Gasteiger partial charge < -0.3 is 9.84 Å². The summed E-state index contributed by atoms with van der Waals surface area (Å²) in [6, 6.07) is 8.37. The summed E-state index contributed by atoms with van der Waals surface area (Å²) in [5.41, 5.74) is 1.32. The zero-order valence-electron chi connectivity index (χ0n) is 11.1. The summed E-state index contributed by atoms with van der Waals surface area (Å²) in [5.74, 6) is 0.371. The summed E-state index contributed by atoms with van der Waals surface area (Å²) in [6.07, 6.45) is 6.29. The van der Waals surface area contributed by atoms with E-state index >= 15 is 0 Å². The lowest BCUT2D eigenvalue weighted by Gasteiger charge is -2.06. The van der Waals surface area contributed by atoms with Gasteiger partial charge in [-0.3, -0.25) is 9.78 Å². The molecule has 0 aliphatic heterocycles. The number of benzene rings is 1. The number of aromatic hydroxyl groups is 1. The summed E-state index contributed by atoms with van der Waals surface area (Å²) in [7, 11) is 0. The van der Waals surface area contributed by atoms with Crippen LogP contribution >= 0.6 is 0 Å². The first-order chi connectivity index (χ1) is 9.70. The van der Waals surface area contributed by atoms with Crippen LogP contribution in [0.15, 0.2) is 48.8 Å². The van der Waals surface area contributed by atoms with Crippen molar-refractivity contribution in [2.45, 2.75) is 6.92 Å². The van der Waals surface area contributed by atoms with Gasteiger partial charge in [-0.2, -0.15) is 0 Å². The first-order valence-corrected chi connectivity index (χ1v) is 6.29. The normalized spacial score (nSPS) is 10.7. The molecule has 1 aromatic carbocycles. The molecule has 0 aliphatic rings. The van der Waals surface area contributed by atoms with Crippen molar-refractivity contribution in [1.82, 2.24) is 4.98 Å². The van der Waals surface area contributed by atoms with E-state index in [0.717, 1.165) is 5.56 Å². The average Bonchev–Trinajstić information content (AvgIpc) is 2.49. The molecule has 0 spiro atoms. The fraction of sp³-hybridized carbons (Fsp3) is 0.125. The smallest absolute Gasteiger partial charge is 0.187 e. The van der Waals surface area contributed by atoms with Crippen molar-refractivity contribution in [2.75, 3.05) is 6.61 Å². The van der Waals surface area contributed by atoms with Gasteiger partial charge in [0.25, 0.3) is 0 Å². The van der Waals surface area contributed by atoms with Crippen molar-refractivity contribution >= 4 is 11.9 Å². The van der Waals surface area contributed by atoms with Crippen LogP contribution in [0.4, 0.5) is 0 Å². The van der Waals surface area contributed by atoms with Gasteiger partial charge in [0.1, 0.15) is 0 Å². The molecule has 0 radical (unpaired) electrons. The van der Waals surface area contributed by atoms with Crippen molar-refractivity contribution in [2.24, 2.45) is 0 Å². The SMILES string of the molecule is CCOc1cc(C=CC(=O)c2cccnc2)ccc1O. The maximum atomic E-state index is 11.9. The molecule has 4 heteroatoms. The lowest BCUT2D eigenvalue weighted by molar-refractivity contribution is 0.104. The molecule has 4 nitrogen and oxygen atoms in total. The number of rotatable bonds is 5. The fourth-order valence-electron chi connectivity index (χ4n) is 1.68. The minimum absolute atomic E-state index is 0.0857. The van der Waals surface area contributed by atoms with Crippen LogP contribution in [0.1, 0.15) is 22.8 Å². The summed E-state index contributed by atoms with van der Waals surface area (Å²) in [6.45, 7) is 2.31. The Bertz CT molecular complexity index is 621. The molecule has 1 N–H and O–H groups in total. The van der Waals surface area contributed by atoms with Crippen LogP contribution in [0, 0.1) is 0 Å². The van der Waals surface area contributed by atoms with Gasteiger partial charge >= 0.3 is 0 Å². The summed E-state index contributed by atoms with van der Waals surface area (Å²) < 4.78 is 5.29. The third kappa shape index (κ3) is 3.45. The number of allylic oxidation sites excluding steroid dienone is 1. The number of ketones is 1. The second-order valence-electron chi connectivity index (χ2n) is 4.10. The number of aromatic nitrogens is 1. The first-order valence-electron chi connectivity index (χ1n) is 6.29. The number of hydrogen-bond donors (Lipinski definition) is 1. The van der Waals surface area contributed by atoms with Crippen LogP contribution in [0.5, 0.6) is 11.5 Å². The Morgan fingerprint density at radius 2 is 2.25 bits per heavy atom. The maximum absolute atomic E-state index is 11.9. The maximum Gasteiger partial charge on any atom is 0.187 e. The highest BCUT2D eigenvalue weighted by molar-refractivity contribution is 6.06. The minimum atomic E-state index is -0.121. The Balaban J connectivity index is 2.15. The zero-order valence-corrected chi connectivity index (χ0v) is 11.1. The van der Waals surface area contributed by atoms with Crippen LogP contribution in [-0.4, -0.2) is 22.5 Å². The second-order valence-corrected chi connectivity index (χ2v) is 4.10. The zero-order chi connectivity index (χ0) is 14.4. The lowest BCUT2D eigenvalue weighted by Crippen LogP contribution is -1.94. The van der Waals surface area contributed by atoms with Crippen LogP contribution in [0.3, 0.4) is 0 Å². The second kappa shape index (κ2) is 6.52. The predicted molar refractivity (Wildman–Crippen MR) is 76.9 cm³/mol. The number of phenolic OH excluding ortho intramolecular Hbond substituents is 1. The summed E-state index contributed by atoms with van der Waals surface area (Å²) in [4.78, 5) is 15.8. The van der Waals surface area contributed by atoms with Crippen molar-refractivity contribution in [3.8, 4) is 11.5 Å². The third-order valence-corrected chi connectivity index (χ3v) is 2.66. The Morgan fingerprint density at radius 3 is 2.95 bits per heavy atom. The molecule has 0 amide bonds. The molecule has 102 valence electrons. The van der Waals surface area contributed by atoms with Gasteiger partial charge in [0.15, 0.2) is 17.3 Å². The number of hydrogen-bond acceptors (Lipinski definition) is 4. The Hall–Kier alpha value is -2.62. The molecule has 0 aliphatic carbocycles. The molecule has 0 unspecified atom stereocenters. The molecule has 2 aromatic rings. The molecular formula is C16H15NO3. The van der Waals surface area contributed by atoms with Gasteiger partial charge in [0.05, 0.1) is 6.61 Å². The molecule has 1 heterocycles. The number of carbonyl (C=O) groups excluding carboxylic acids is 1. The Kier molecular flexibility index (Phi) is 4.50. The van der Waals surface area contributed by atoms with Crippen molar-refractivity contribution in [1.29, 1.82) is 0 Å².